The predicted molar refractivity (Wildman–Crippen MR) is 73.4 cm³/mol. The van der Waals surface area contributed by atoms with Gasteiger partial charge in [-0.2, -0.15) is 0 Å². The average Bonchev–Trinajstić information content (AvgIpc) is 2.81. The van der Waals surface area contributed by atoms with Crippen molar-refractivity contribution in [3.05, 3.63) is 47.2 Å². The van der Waals surface area contributed by atoms with E-state index in [9.17, 15) is 9.59 Å². The molecule has 0 atom stereocenters. The third-order valence-corrected chi connectivity index (χ3v) is 2.87. The summed E-state index contributed by atoms with van der Waals surface area (Å²) in [6.45, 7) is 3.76. The van der Waals surface area contributed by atoms with Crippen LogP contribution in [0.3, 0.4) is 0 Å². The molecule has 0 spiro atoms. The van der Waals surface area contributed by atoms with Crippen molar-refractivity contribution in [2.75, 3.05) is 6.61 Å². The highest BCUT2D eigenvalue weighted by molar-refractivity contribution is 5.94. The Morgan fingerprint density at radius 1 is 1.25 bits per heavy atom. The van der Waals surface area contributed by atoms with Gasteiger partial charge in [-0.25, -0.2) is 4.79 Å². The van der Waals surface area contributed by atoms with Gasteiger partial charge < -0.3 is 14.9 Å². The lowest BCUT2D eigenvalue weighted by Crippen LogP contribution is -2.10. The molecule has 0 bridgehead atoms. The van der Waals surface area contributed by atoms with Crippen molar-refractivity contribution < 1.29 is 18.7 Å². The number of carbonyl (C=O) groups is 2. The molecule has 2 aromatic rings. The van der Waals surface area contributed by atoms with E-state index in [0.29, 0.717) is 29.3 Å². The van der Waals surface area contributed by atoms with Crippen LogP contribution in [0.5, 0.6) is 0 Å². The molecule has 5 nitrogen and oxygen atoms in total. The summed E-state index contributed by atoms with van der Waals surface area (Å²) in [6, 6.07) is 8.28. The lowest BCUT2D eigenvalue weighted by atomic mass is 10.1. The molecule has 1 heterocycles. The molecule has 104 valence electrons. The van der Waals surface area contributed by atoms with Gasteiger partial charge in [0.25, 0.3) is 0 Å². The molecule has 2 rings (SSSR count). The minimum Gasteiger partial charge on any atom is -0.462 e. The van der Waals surface area contributed by atoms with E-state index in [-0.39, 0.29) is 0 Å². The standard InChI is InChI=1S/C15H15NO4/c1-3-19-15(18)12-8-13(20-9(12)2)10-4-6-11(7-5-10)14(16)17/h4-8H,3H2,1-2H3,(H2,16,17). The van der Waals surface area contributed by atoms with Gasteiger partial charge in [-0.15, -0.1) is 0 Å². The molecule has 0 aliphatic heterocycles. The van der Waals surface area contributed by atoms with Crippen LogP contribution < -0.4 is 5.73 Å². The Morgan fingerprint density at radius 2 is 1.90 bits per heavy atom. The maximum Gasteiger partial charge on any atom is 0.341 e. The summed E-state index contributed by atoms with van der Waals surface area (Å²) in [5, 5.41) is 0. The molecule has 2 N–H and O–H groups in total. The van der Waals surface area contributed by atoms with Crippen LogP contribution in [0.2, 0.25) is 0 Å². The second-order valence-corrected chi connectivity index (χ2v) is 4.24. The van der Waals surface area contributed by atoms with Crippen molar-refractivity contribution in [1.29, 1.82) is 0 Å². The Hall–Kier alpha value is -2.56. The number of nitrogens with two attached hydrogens (primary N) is 1. The predicted octanol–water partition coefficient (Wildman–Crippen LogP) is 2.53. The van der Waals surface area contributed by atoms with Crippen LogP contribution in [0.4, 0.5) is 0 Å². The summed E-state index contributed by atoms with van der Waals surface area (Å²) in [5.41, 5.74) is 6.76. The van der Waals surface area contributed by atoms with Crippen molar-refractivity contribution in [3.8, 4) is 11.3 Å². The fourth-order valence-electron chi connectivity index (χ4n) is 1.83. The van der Waals surface area contributed by atoms with Crippen molar-refractivity contribution >= 4 is 11.9 Å². The number of amides is 1. The van der Waals surface area contributed by atoms with Gasteiger partial charge in [-0.3, -0.25) is 4.79 Å². The second-order valence-electron chi connectivity index (χ2n) is 4.24. The number of benzene rings is 1. The number of ether oxygens (including phenoxy) is 1. The minimum atomic E-state index is -0.487. The largest absolute Gasteiger partial charge is 0.462 e. The summed E-state index contributed by atoms with van der Waals surface area (Å²) >= 11 is 0. The van der Waals surface area contributed by atoms with Gasteiger partial charge >= 0.3 is 5.97 Å². The van der Waals surface area contributed by atoms with E-state index in [1.807, 2.05) is 0 Å². The highest BCUT2D eigenvalue weighted by Crippen LogP contribution is 2.26. The minimum absolute atomic E-state index is 0.312. The number of hydrogen-bond donors (Lipinski definition) is 1. The van der Waals surface area contributed by atoms with Crippen LogP contribution in [-0.4, -0.2) is 18.5 Å². The molecule has 0 unspecified atom stereocenters. The number of esters is 1. The lowest BCUT2D eigenvalue weighted by molar-refractivity contribution is 0.0524. The summed E-state index contributed by atoms with van der Waals surface area (Å²) in [6.07, 6.45) is 0. The van der Waals surface area contributed by atoms with Gasteiger partial charge in [0.15, 0.2) is 0 Å². The summed E-state index contributed by atoms with van der Waals surface area (Å²) < 4.78 is 10.5. The van der Waals surface area contributed by atoms with E-state index < -0.39 is 11.9 Å². The van der Waals surface area contributed by atoms with Crippen LogP contribution in [0.1, 0.15) is 33.4 Å². The molecule has 1 amide bonds. The molecule has 0 aliphatic rings. The first-order chi connectivity index (χ1) is 9.52. The Kier molecular flexibility index (Phi) is 3.89. The molecular weight excluding hydrogens is 258 g/mol. The van der Waals surface area contributed by atoms with E-state index in [0.717, 1.165) is 5.56 Å². The highest BCUT2D eigenvalue weighted by atomic mass is 16.5. The molecule has 1 aromatic heterocycles. The van der Waals surface area contributed by atoms with Gasteiger partial charge in [0.2, 0.25) is 5.91 Å². The molecule has 0 aliphatic carbocycles. The third-order valence-electron chi connectivity index (χ3n) is 2.87. The van der Waals surface area contributed by atoms with Gasteiger partial charge in [0.1, 0.15) is 17.1 Å². The molecule has 0 radical (unpaired) electrons. The van der Waals surface area contributed by atoms with E-state index in [2.05, 4.69) is 0 Å². The number of aryl methyl sites for hydroxylation is 1. The maximum atomic E-state index is 11.7. The fraction of sp³-hybridized carbons (Fsp3) is 0.200. The number of primary amides is 1. The Bertz CT molecular complexity index is 640. The highest BCUT2D eigenvalue weighted by Gasteiger charge is 2.16. The zero-order valence-corrected chi connectivity index (χ0v) is 11.3. The average molecular weight is 273 g/mol. The SMILES string of the molecule is CCOC(=O)c1cc(-c2ccc(C(N)=O)cc2)oc1C. The molecular formula is C15H15NO4. The van der Waals surface area contributed by atoms with E-state index >= 15 is 0 Å². The van der Waals surface area contributed by atoms with E-state index in [1.54, 1.807) is 44.2 Å². The summed E-state index contributed by atoms with van der Waals surface area (Å²) in [7, 11) is 0. The Balaban J connectivity index is 2.32. The number of hydrogen-bond acceptors (Lipinski definition) is 4. The lowest BCUT2D eigenvalue weighted by Gasteiger charge is -1.98. The number of carbonyl (C=O) groups excluding carboxylic acids is 2. The van der Waals surface area contributed by atoms with Gasteiger partial charge in [-0.1, -0.05) is 12.1 Å². The molecule has 0 fully saturated rings. The molecule has 1 aromatic carbocycles. The fourth-order valence-corrected chi connectivity index (χ4v) is 1.83. The quantitative estimate of drug-likeness (QED) is 0.868. The van der Waals surface area contributed by atoms with Gasteiger partial charge in [-0.05, 0) is 32.0 Å². The van der Waals surface area contributed by atoms with Crippen LogP contribution >= 0.6 is 0 Å². The molecule has 20 heavy (non-hydrogen) atoms. The van der Waals surface area contributed by atoms with Crippen LogP contribution in [-0.2, 0) is 4.74 Å². The molecule has 5 heteroatoms. The summed E-state index contributed by atoms with van der Waals surface area (Å²) in [4.78, 5) is 22.7. The maximum absolute atomic E-state index is 11.7. The topological polar surface area (TPSA) is 82.5 Å². The Morgan fingerprint density at radius 3 is 2.45 bits per heavy atom. The summed E-state index contributed by atoms with van der Waals surface area (Å²) in [5.74, 6) is 0.146. The van der Waals surface area contributed by atoms with Crippen LogP contribution in [0.25, 0.3) is 11.3 Å². The van der Waals surface area contributed by atoms with Gasteiger partial charge in [0.05, 0.1) is 6.61 Å². The number of furan rings is 1. The zero-order chi connectivity index (χ0) is 14.7. The van der Waals surface area contributed by atoms with Crippen molar-refractivity contribution in [2.24, 2.45) is 5.73 Å². The van der Waals surface area contributed by atoms with Crippen molar-refractivity contribution in [2.45, 2.75) is 13.8 Å². The van der Waals surface area contributed by atoms with Crippen LogP contribution in [0.15, 0.2) is 34.7 Å². The third kappa shape index (κ3) is 2.71. The van der Waals surface area contributed by atoms with E-state index in [4.69, 9.17) is 14.9 Å². The zero-order valence-electron chi connectivity index (χ0n) is 11.3. The first-order valence-corrected chi connectivity index (χ1v) is 6.20. The smallest absolute Gasteiger partial charge is 0.341 e. The van der Waals surface area contributed by atoms with Crippen molar-refractivity contribution in [1.82, 2.24) is 0 Å². The normalized spacial score (nSPS) is 10.3. The molecule has 0 saturated heterocycles. The van der Waals surface area contributed by atoms with Gasteiger partial charge in [0, 0.05) is 11.1 Å². The van der Waals surface area contributed by atoms with Crippen molar-refractivity contribution in [3.63, 3.8) is 0 Å². The first kappa shape index (κ1) is 13.9. The molecule has 0 saturated carbocycles. The van der Waals surface area contributed by atoms with E-state index in [1.165, 1.54) is 0 Å². The monoisotopic (exact) mass is 273 g/mol. The van der Waals surface area contributed by atoms with Crippen LogP contribution in [0, 0.1) is 6.92 Å². The second kappa shape index (κ2) is 5.61. The Labute approximate surface area is 116 Å². The number of rotatable bonds is 4. The first-order valence-electron chi connectivity index (χ1n) is 6.20.